The molecular formula is C8H8ClNO4. The number of allylic oxidation sites excluding steroid dienone is 2. The van der Waals surface area contributed by atoms with Gasteiger partial charge in [0.25, 0.3) is 0 Å². The summed E-state index contributed by atoms with van der Waals surface area (Å²) < 4.78 is 0. The third-order valence-electron chi connectivity index (χ3n) is 1.98. The average Bonchev–Trinajstić information content (AvgIpc) is 2.08. The zero-order chi connectivity index (χ0) is 10.9. The zero-order valence-corrected chi connectivity index (χ0v) is 8.00. The molecule has 0 bridgehead atoms. The molecule has 0 spiro atoms. The first-order valence-electron chi connectivity index (χ1n) is 3.70. The molecular weight excluding hydrogens is 210 g/mol. The van der Waals surface area contributed by atoms with E-state index in [0.717, 1.165) is 6.08 Å². The number of dihydropyridines is 1. The van der Waals surface area contributed by atoms with Crippen LogP contribution in [-0.4, -0.2) is 27.7 Å². The highest BCUT2D eigenvalue weighted by Crippen LogP contribution is 2.24. The second-order valence-electron chi connectivity index (χ2n) is 2.97. The van der Waals surface area contributed by atoms with Gasteiger partial charge in [0, 0.05) is 6.20 Å². The first-order chi connectivity index (χ1) is 6.38. The molecule has 1 rings (SSSR count). The monoisotopic (exact) mass is 217 g/mol. The summed E-state index contributed by atoms with van der Waals surface area (Å²) in [6, 6.07) is 0. The van der Waals surface area contributed by atoms with Crippen LogP contribution in [0.1, 0.15) is 6.92 Å². The largest absolute Gasteiger partial charge is 0.479 e. The second kappa shape index (κ2) is 3.34. The lowest BCUT2D eigenvalue weighted by atomic mass is 9.90. The van der Waals surface area contributed by atoms with Crippen molar-refractivity contribution in [3.63, 3.8) is 0 Å². The average molecular weight is 218 g/mol. The van der Waals surface area contributed by atoms with E-state index in [-0.39, 0.29) is 10.6 Å². The van der Waals surface area contributed by atoms with Crippen LogP contribution in [0.25, 0.3) is 0 Å². The van der Waals surface area contributed by atoms with Crippen LogP contribution in [-0.2, 0) is 9.59 Å². The molecule has 1 aliphatic rings. The van der Waals surface area contributed by atoms with E-state index in [1.54, 1.807) is 0 Å². The summed E-state index contributed by atoms with van der Waals surface area (Å²) >= 11 is 5.55. The Hall–Kier alpha value is -1.49. The number of hydrogen-bond acceptors (Lipinski definition) is 3. The van der Waals surface area contributed by atoms with Crippen molar-refractivity contribution in [3.05, 3.63) is 22.9 Å². The molecule has 0 aliphatic carbocycles. The summed E-state index contributed by atoms with van der Waals surface area (Å²) in [4.78, 5) is 21.6. The Morgan fingerprint density at radius 2 is 2.07 bits per heavy atom. The highest BCUT2D eigenvalue weighted by molar-refractivity contribution is 6.31. The molecule has 0 aromatic rings. The number of hydrogen-bond donors (Lipinski definition) is 3. The minimum Gasteiger partial charge on any atom is -0.479 e. The fraction of sp³-hybridized carbons (Fsp3) is 0.250. The maximum absolute atomic E-state index is 10.9. The van der Waals surface area contributed by atoms with Crippen molar-refractivity contribution in [1.29, 1.82) is 0 Å². The van der Waals surface area contributed by atoms with Crippen molar-refractivity contribution in [2.45, 2.75) is 12.5 Å². The molecule has 0 fully saturated rings. The third kappa shape index (κ3) is 1.58. The second-order valence-corrected chi connectivity index (χ2v) is 3.40. The van der Waals surface area contributed by atoms with Crippen molar-refractivity contribution in [1.82, 2.24) is 5.32 Å². The number of carboxylic acids is 2. The molecule has 6 heteroatoms. The summed E-state index contributed by atoms with van der Waals surface area (Å²) in [5.41, 5.74) is -1.93. The Labute approximate surface area is 84.7 Å². The molecule has 1 heterocycles. The van der Waals surface area contributed by atoms with Crippen LogP contribution in [0.5, 0.6) is 0 Å². The van der Waals surface area contributed by atoms with E-state index in [1.807, 2.05) is 0 Å². The van der Waals surface area contributed by atoms with E-state index in [1.165, 1.54) is 13.1 Å². The molecule has 0 saturated carbocycles. The van der Waals surface area contributed by atoms with E-state index in [4.69, 9.17) is 21.8 Å². The van der Waals surface area contributed by atoms with Crippen molar-refractivity contribution in [3.8, 4) is 0 Å². The van der Waals surface area contributed by atoms with Gasteiger partial charge >= 0.3 is 11.9 Å². The van der Waals surface area contributed by atoms with Gasteiger partial charge < -0.3 is 15.5 Å². The lowest BCUT2D eigenvalue weighted by molar-refractivity contribution is -0.145. The van der Waals surface area contributed by atoms with Gasteiger partial charge in [0.2, 0.25) is 0 Å². The smallest absolute Gasteiger partial charge is 0.334 e. The molecule has 0 amide bonds. The zero-order valence-electron chi connectivity index (χ0n) is 7.24. The molecule has 3 N–H and O–H groups in total. The standard InChI is InChI=1S/C8H8ClNO4/c1-8(7(13)14)5(6(11)12)2-4(9)3-10-8/h2-3,10H,1H3,(H,11,12)(H,13,14). The Morgan fingerprint density at radius 3 is 2.50 bits per heavy atom. The van der Waals surface area contributed by atoms with Crippen molar-refractivity contribution in [2.75, 3.05) is 0 Å². The minimum absolute atomic E-state index is 0.154. The van der Waals surface area contributed by atoms with Gasteiger partial charge in [-0.3, -0.25) is 0 Å². The number of halogens is 1. The van der Waals surface area contributed by atoms with Gasteiger partial charge in [0.1, 0.15) is 0 Å². The maximum atomic E-state index is 10.9. The number of nitrogens with one attached hydrogen (secondary N) is 1. The topological polar surface area (TPSA) is 86.6 Å². The van der Waals surface area contributed by atoms with Gasteiger partial charge in [-0.15, -0.1) is 0 Å². The lowest BCUT2D eigenvalue weighted by Gasteiger charge is -2.28. The van der Waals surface area contributed by atoms with E-state index < -0.39 is 17.5 Å². The SMILES string of the molecule is CC1(C(=O)O)NC=C(Cl)C=C1C(=O)O. The molecule has 14 heavy (non-hydrogen) atoms. The molecule has 76 valence electrons. The highest BCUT2D eigenvalue weighted by Gasteiger charge is 2.41. The fourth-order valence-electron chi connectivity index (χ4n) is 1.07. The molecule has 1 atom stereocenters. The van der Waals surface area contributed by atoms with Gasteiger partial charge in [-0.25, -0.2) is 9.59 Å². The summed E-state index contributed by atoms with van der Waals surface area (Å²) in [6.07, 6.45) is 2.37. The van der Waals surface area contributed by atoms with Crippen LogP contribution in [0.15, 0.2) is 22.9 Å². The van der Waals surface area contributed by atoms with E-state index >= 15 is 0 Å². The molecule has 5 nitrogen and oxygen atoms in total. The summed E-state index contributed by atoms with van der Waals surface area (Å²) in [5.74, 6) is -2.58. The van der Waals surface area contributed by atoms with Gasteiger partial charge in [-0.05, 0) is 13.0 Å². The first-order valence-corrected chi connectivity index (χ1v) is 4.08. The van der Waals surface area contributed by atoms with Crippen LogP contribution in [0.3, 0.4) is 0 Å². The van der Waals surface area contributed by atoms with E-state index in [9.17, 15) is 9.59 Å². The van der Waals surface area contributed by atoms with Crippen molar-refractivity contribution < 1.29 is 19.8 Å². The molecule has 0 radical (unpaired) electrons. The Morgan fingerprint density at radius 1 is 1.50 bits per heavy atom. The summed E-state index contributed by atoms with van der Waals surface area (Å²) in [5, 5.41) is 20.2. The maximum Gasteiger partial charge on any atom is 0.334 e. The summed E-state index contributed by atoms with van der Waals surface area (Å²) in [7, 11) is 0. The normalized spacial score (nSPS) is 25.9. The quantitative estimate of drug-likeness (QED) is 0.628. The number of carboxylic acid groups (broad SMARTS) is 2. The van der Waals surface area contributed by atoms with E-state index in [2.05, 4.69) is 5.32 Å². The molecule has 0 saturated heterocycles. The Balaban J connectivity index is 3.20. The number of rotatable bonds is 2. The van der Waals surface area contributed by atoms with Crippen LogP contribution < -0.4 is 5.32 Å². The third-order valence-corrected chi connectivity index (χ3v) is 2.20. The van der Waals surface area contributed by atoms with Crippen LogP contribution >= 0.6 is 11.6 Å². The number of carbonyl (C=O) groups is 2. The predicted octanol–water partition coefficient (Wildman–Crippen LogP) is 0.524. The Bertz CT molecular complexity index is 360. The van der Waals surface area contributed by atoms with Gasteiger partial charge in [-0.2, -0.15) is 0 Å². The summed E-state index contributed by atoms with van der Waals surface area (Å²) in [6.45, 7) is 1.26. The van der Waals surface area contributed by atoms with Crippen LogP contribution in [0, 0.1) is 0 Å². The number of aliphatic carboxylic acids is 2. The predicted molar refractivity (Wildman–Crippen MR) is 48.8 cm³/mol. The Kier molecular flexibility index (Phi) is 2.53. The fourth-order valence-corrected chi connectivity index (χ4v) is 1.23. The van der Waals surface area contributed by atoms with Crippen LogP contribution in [0.2, 0.25) is 0 Å². The molecule has 0 aromatic heterocycles. The highest BCUT2D eigenvalue weighted by atomic mass is 35.5. The van der Waals surface area contributed by atoms with Crippen LogP contribution in [0.4, 0.5) is 0 Å². The van der Waals surface area contributed by atoms with E-state index in [0.29, 0.717) is 0 Å². The van der Waals surface area contributed by atoms with Gasteiger partial charge in [0.05, 0.1) is 10.6 Å². The first kappa shape index (κ1) is 10.6. The van der Waals surface area contributed by atoms with Crippen molar-refractivity contribution in [2.24, 2.45) is 0 Å². The minimum atomic E-state index is -1.63. The van der Waals surface area contributed by atoms with Crippen molar-refractivity contribution >= 4 is 23.5 Å². The molecule has 0 aromatic carbocycles. The molecule has 1 aliphatic heterocycles. The lowest BCUT2D eigenvalue weighted by Crippen LogP contribution is -2.51. The van der Waals surface area contributed by atoms with Gasteiger partial charge in [0.15, 0.2) is 5.54 Å². The van der Waals surface area contributed by atoms with Gasteiger partial charge in [-0.1, -0.05) is 11.6 Å². The molecule has 1 unspecified atom stereocenters.